The van der Waals surface area contributed by atoms with Gasteiger partial charge in [0.05, 0.1) is 24.6 Å². The summed E-state index contributed by atoms with van der Waals surface area (Å²) in [6.45, 7) is 2.07. The number of hydrogen-bond acceptors (Lipinski definition) is 6. The second kappa shape index (κ2) is 7.20. The number of thioether (sulfide) groups is 1. The van der Waals surface area contributed by atoms with Crippen molar-refractivity contribution in [3.05, 3.63) is 70.3 Å². The smallest absolute Gasteiger partial charge is 0.168 e. The van der Waals surface area contributed by atoms with Crippen LogP contribution in [-0.2, 0) is 22.7 Å². The molecule has 0 radical (unpaired) electrons. The summed E-state index contributed by atoms with van der Waals surface area (Å²) in [6, 6.07) is 14.4. The Balaban J connectivity index is 1.69. The zero-order valence-electron chi connectivity index (χ0n) is 15.1. The third-order valence-corrected chi connectivity index (χ3v) is 7.13. The molecule has 0 bridgehead atoms. The first-order valence-corrected chi connectivity index (χ1v) is 9.97. The van der Waals surface area contributed by atoms with E-state index in [1.165, 1.54) is 22.9 Å². The molecule has 1 spiro atoms. The van der Waals surface area contributed by atoms with Crippen molar-refractivity contribution < 1.29 is 25.2 Å². The summed E-state index contributed by atoms with van der Waals surface area (Å²) in [4.78, 5) is -1.18. The Bertz CT molecular complexity index is 822. The molecule has 2 aromatic rings. The average molecular weight is 388 g/mol. The Kier molecular flexibility index (Phi) is 5.05. The highest BCUT2D eigenvalue weighted by atomic mass is 32.2. The summed E-state index contributed by atoms with van der Waals surface area (Å²) < 4.78 is 5.97. The summed E-state index contributed by atoms with van der Waals surface area (Å²) in [5.41, 5.74) is 5.25. The van der Waals surface area contributed by atoms with Crippen LogP contribution in [0.4, 0.5) is 0 Å². The Morgan fingerprint density at radius 2 is 1.74 bits per heavy atom. The molecule has 0 aliphatic carbocycles. The van der Waals surface area contributed by atoms with Gasteiger partial charge in [-0.3, -0.25) is 0 Å². The number of aliphatic hydroxyl groups is 4. The number of hydrogen-bond donors (Lipinski definition) is 4. The van der Waals surface area contributed by atoms with Gasteiger partial charge in [-0.1, -0.05) is 48.0 Å². The van der Waals surface area contributed by atoms with E-state index in [9.17, 15) is 20.4 Å². The maximum absolute atomic E-state index is 10.7. The van der Waals surface area contributed by atoms with Crippen molar-refractivity contribution in [2.75, 3.05) is 6.61 Å². The normalized spacial score (nSPS) is 32.6. The molecule has 4 N–H and O–H groups in total. The van der Waals surface area contributed by atoms with Gasteiger partial charge in [0.25, 0.3) is 0 Å². The summed E-state index contributed by atoms with van der Waals surface area (Å²) in [5.74, 6) is 0. The Morgan fingerprint density at radius 1 is 1.04 bits per heavy atom. The van der Waals surface area contributed by atoms with Crippen molar-refractivity contribution in [2.45, 2.75) is 48.4 Å². The SMILES string of the molecule is Cc1ccc(Cc2ccc3c(c2)[C@]2(OC3)SC(CO)[C@@H](O)C(O)[C@H]2O)cc1. The summed E-state index contributed by atoms with van der Waals surface area (Å²) in [7, 11) is 0. The maximum atomic E-state index is 10.7. The summed E-state index contributed by atoms with van der Waals surface area (Å²) in [6.07, 6.45) is -3.12. The van der Waals surface area contributed by atoms with Crippen molar-refractivity contribution in [3.63, 3.8) is 0 Å². The number of benzene rings is 2. The van der Waals surface area contributed by atoms with Gasteiger partial charge in [0, 0.05) is 5.56 Å². The van der Waals surface area contributed by atoms with Gasteiger partial charge in [-0.05, 0) is 30.0 Å². The molecule has 5 nitrogen and oxygen atoms in total. The number of ether oxygens (including phenoxy) is 1. The van der Waals surface area contributed by atoms with Crippen molar-refractivity contribution in [1.29, 1.82) is 0 Å². The van der Waals surface area contributed by atoms with Gasteiger partial charge in [0.1, 0.15) is 12.2 Å². The van der Waals surface area contributed by atoms with Gasteiger partial charge in [0.15, 0.2) is 4.93 Å². The summed E-state index contributed by atoms with van der Waals surface area (Å²) >= 11 is 1.19. The van der Waals surface area contributed by atoms with Crippen LogP contribution in [0.5, 0.6) is 0 Å². The van der Waals surface area contributed by atoms with Crippen molar-refractivity contribution >= 4 is 11.8 Å². The molecule has 4 rings (SSSR count). The first-order chi connectivity index (χ1) is 12.9. The van der Waals surface area contributed by atoms with Gasteiger partial charge < -0.3 is 25.2 Å². The number of aliphatic hydroxyl groups excluding tert-OH is 4. The third-order valence-electron chi connectivity index (χ3n) is 5.47. The van der Waals surface area contributed by atoms with Crippen LogP contribution in [0.1, 0.15) is 27.8 Å². The lowest BCUT2D eigenvalue weighted by Gasteiger charge is -2.45. The van der Waals surface area contributed by atoms with Gasteiger partial charge in [-0.2, -0.15) is 0 Å². The van der Waals surface area contributed by atoms with Gasteiger partial charge in [-0.25, -0.2) is 0 Å². The predicted molar refractivity (Wildman–Crippen MR) is 103 cm³/mol. The average Bonchev–Trinajstić information content (AvgIpc) is 3.04. The minimum Gasteiger partial charge on any atom is -0.395 e. The topological polar surface area (TPSA) is 90.2 Å². The van der Waals surface area contributed by atoms with Crippen LogP contribution in [0.15, 0.2) is 42.5 Å². The zero-order valence-corrected chi connectivity index (χ0v) is 15.9. The minimum absolute atomic E-state index is 0.306. The molecule has 6 heteroatoms. The van der Waals surface area contributed by atoms with Crippen LogP contribution in [0.3, 0.4) is 0 Å². The number of aryl methyl sites for hydroxylation is 1. The fraction of sp³-hybridized carbons (Fsp3) is 0.429. The molecule has 27 heavy (non-hydrogen) atoms. The quantitative estimate of drug-likeness (QED) is 0.637. The molecule has 2 unspecified atom stereocenters. The molecule has 2 aliphatic rings. The van der Waals surface area contributed by atoms with Gasteiger partial charge in [-0.15, -0.1) is 11.8 Å². The largest absolute Gasteiger partial charge is 0.395 e. The van der Waals surface area contributed by atoms with Crippen molar-refractivity contribution in [3.8, 4) is 0 Å². The molecule has 5 atom stereocenters. The standard InChI is InChI=1S/C21H24O5S/c1-12-2-4-13(5-3-12)8-14-6-7-15-11-26-21(16(15)9-14)20(25)19(24)18(23)17(10-22)27-21/h2-7,9,17-20,22-25H,8,10-11H2,1H3/t17?,18-,19?,20-,21+/m1/s1. The number of fused-ring (bicyclic) bond motifs is 2. The van der Waals surface area contributed by atoms with Crippen LogP contribution >= 0.6 is 11.8 Å². The molecule has 2 aliphatic heterocycles. The lowest BCUT2D eigenvalue weighted by atomic mass is 9.91. The van der Waals surface area contributed by atoms with Crippen molar-refractivity contribution in [2.24, 2.45) is 0 Å². The van der Waals surface area contributed by atoms with E-state index < -0.39 is 28.5 Å². The maximum Gasteiger partial charge on any atom is 0.168 e. The van der Waals surface area contributed by atoms with E-state index in [1.807, 2.05) is 12.1 Å². The Morgan fingerprint density at radius 3 is 2.44 bits per heavy atom. The van der Waals surface area contributed by atoms with Gasteiger partial charge >= 0.3 is 0 Å². The third kappa shape index (κ3) is 3.20. The molecule has 0 amide bonds. The van der Waals surface area contributed by atoms with Crippen molar-refractivity contribution in [1.82, 2.24) is 0 Å². The Labute approximate surface area is 162 Å². The van der Waals surface area contributed by atoms with E-state index in [1.54, 1.807) is 0 Å². The van der Waals surface area contributed by atoms with Crippen LogP contribution in [0, 0.1) is 6.92 Å². The fourth-order valence-corrected chi connectivity index (χ4v) is 5.42. The minimum atomic E-state index is -1.38. The van der Waals surface area contributed by atoms with E-state index in [-0.39, 0.29) is 6.61 Å². The monoisotopic (exact) mass is 388 g/mol. The molecule has 144 valence electrons. The first-order valence-electron chi connectivity index (χ1n) is 9.09. The highest BCUT2D eigenvalue weighted by Crippen LogP contribution is 2.54. The predicted octanol–water partition coefficient (Wildman–Crippen LogP) is 1.46. The van der Waals surface area contributed by atoms with Crippen LogP contribution < -0.4 is 0 Å². The lowest BCUT2D eigenvalue weighted by molar-refractivity contribution is -0.147. The second-order valence-electron chi connectivity index (χ2n) is 7.37. The molecule has 1 fully saturated rings. The van der Waals surface area contributed by atoms with Crippen LogP contribution in [-0.4, -0.2) is 50.6 Å². The lowest BCUT2D eigenvalue weighted by Crippen LogP contribution is -2.58. The van der Waals surface area contributed by atoms with E-state index >= 15 is 0 Å². The molecule has 1 saturated heterocycles. The summed E-state index contributed by atoms with van der Waals surface area (Å²) in [5, 5.41) is 40.2. The fourth-order valence-electron chi connectivity index (χ4n) is 3.87. The van der Waals surface area contributed by atoms with E-state index in [4.69, 9.17) is 4.74 Å². The highest BCUT2D eigenvalue weighted by molar-refractivity contribution is 8.00. The van der Waals surface area contributed by atoms with E-state index in [0.29, 0.717) is 6.61 Å². The molecule has 2 heterocycles. The van der Waals surface area contributed by atoms with Gasteiger partial charge in [0.2, 0.25) is 0 Å². The molecule has 0 aromatic heterocycles. The molecule has 2 aromatic carbocycles. The van der Waals surface area contributed by atoms with Crippen LogP contribution in [0.2, 0.25) is 0 Å². The van der Waals surface area contributed by atoms with Crippen LogP contribution in [0.25, 0.3) is 0 Å². The van der Waals surface area contributed by atoms with E-state index in [2.05, 4.69) is 37.3 Å². The molecular weight excluding hydrogens is 364 g/mol. The zero-order chi connectivity index (χ0) is 19.2. The number of rotatable bonds is 3. The highest BCUT2D eigenvalue weighted by Gasteiger charge is 2.57. The van der Waals surface area contributed by atoms with E-state index in [0.717, 1.165) is 23.1 Å². The molecule has 0 saturated carbocycles. The Hall–Kier alpha value is -1.41. The second-order valence-corrected chi connectivity index (χ2v) is 8.82. The molecular formula is C21H24O5S. The first kappa shape index (κ1) is 18.9.